The summed E-state index contributed by atoms with van der Waals surface area (Å²) in [6.45, 7) is 4.63. The van der Waals surface area contributed by atoms with Crippen LogP contribution in [0.25, 0.3) is 22.3 Å². The van der Waals surface area contributed by atoms with Crippen LogP contribution in [0.15, 0.2) is 42.5 Å². The molecule has 0 N–H and O–H groups in total. The Kier molecular flexibility index (Phi) is 5.38. The third kappa shape index (κ3) is 3.52. The number of hydrogen-bond donors (Lipinski definition) is 0. The molecule has 28 heavy (non-hydrogen) atoms. The fourth-order valence-corrected chi connectivity index (χ4v) is 3.98. The highest BCUT2D eigenvalue weighted by Gasteiger charge is 2.24. The number of nitrogens with zero attached hydrogens (tertiary/aromatic N) is 4. The van der Waals surface area contributed by atoms with Gasteiger partial charge in [0.2, 0.25) is 5.91 Å². The summed E-state index contributed by atoms with van der Waals surface area (Å²) in [5, 5.41) is 2.05. The fraction of sp³-hybridized carbons (Fsp3) is 0.286. The molecule has 3 aromatic rings. The highest BCUT2D eigenvalue weighted by Crippen LogP contribution is 2.34. The Balaban J connectivity index is 1.79. The first-order valence-corrected chi connectivity index (χ1v) is 10.1. The molecule has 1 saturated heterocycles. The minimum atomic E-state index is 0.182. The van der Waals surface area contributed by atoms with Gasteiger partial charge in [-0.2, -0.15) is 0 Å². The molecule has 1 aliphatic heterocycles. The minimum absolute atomic E-state index is 0.182. The van der Waals surface area contributed by atoms with Crippen LogP contribution in [0.5, 0.6) is 0 Å². The SMILES string of the molecule is CCC(=O)N1CCN(c2nc(-c3ccccc3Cl)nc3cccc(Cl)c23)CC1. The van der Waals surface area contributed by atoms with Crippen LogP contribution in [0.1, 0.15) is 13.3 Å². The molecule has 144 valence electrons. The van der Waals surface area contributed by atoms with Crippen LogP contribution >= 0.6 is 23.2 Å². The van der Waals surface area contributed by atoms with Crippen molar-refractivity contribution in [2.45, 2.75) is 13.3 Å². The number of carbonyl (C=O) groups is 1. The Hall–Kier alpha value is -2.37. The van der Waals surface area contributed by atoms with Crippen LogP contribution in [0.3, 0.4) is 0 Å². The van der Waals surface area contributed by atoms with Gasteiger partial charge in [-0.25, -0.2) is 9.97 Å². The molecular weight excluding hydrogens is 395 g/mol. The smallest absolute Gasteiger partial charge is 0.222 e. The number of benzene rings is 2. The van der Waals surface area contributed by atoms with Gasteiger partial charge in [0.1, 0.15) is 5.82 Å². The van der Waals surface area contributed by atoms with E-state index in [9.17, 15) is 4.79 Å². The van der Waals surface area contributed by atoms with E-state index in [1.165, 1.54) is 0 Å². The molecule has 5 nitrogen and oxygen atoms in total. The van der Waals surface area contributed by atoms with E-state index in [0.717, 1.165) is 22.3 Å². The monoisotopic (exact) mass is 414 g/mol. The standard InChI is InChI=1S/C21H20Cl2N4O/c1-2-18(28)26-10-12-27(13-11-26)21-19-16(23)8-5-9-17(19)24-20(25-21)14-6-3-4-7-15(14)22/h3-9H,2,10-13H2,1H3. The van der Waals surface area contributed by atoms with Gasteiger partial charge in [-0.05, 0) is 24.3 Å². The van der Waals surface area contributed by atoms with Crippen molar-refractivity contribution in [1.29, 1.82) is 0 Å². The van der Waals surface area contributed by atoms with E-state index in [-0.39, 0.29) is 5.91 Å². The predicted octanol–water partition coefficient (Wildman–Crippen LogP) is 4.66. The summed E-state index contributed by atoms with van der Waals surface area (Å²) in [5.74, 6) is 1.54. The van der Waals surface area contributed by atoms with E-state index in [0.29, 0.717) is 48.5 Å². The Bertz CT molecular complexity index is 1030. The molecule has 4 rings (SSSR count). The summed E-state index contributed by atoms with van der Waals surface area (Å²) in [7, 11) is 0. The van der Waals surface area contributed by atoms with Crippen molar-refractivity contribution in [1.82, 2.24) is 14.9 Å². The third-order valence-electron chi connectivity index (χ3n) is 5.00. The van der Waals surface area contributed by atoms with Crippen molar-refractivity contribution >= 4 is 45.8 Å². The van der Waals surface area contributed by atoms with Gasteiger partial charge in [-0.15, -0.1) is 0 Å². The van der Waals surface area contributed by atoms with Gasteiger partial charge in [0.25, 0.3) is 0 Å². The zero-order valence-electron chi connectivity index (χ0n) is 15.5. The van der Waals surface area contributed by atoms with Crippen LogP contribution in [0, 0.1) is 0 Å². The van der Waals surface area contributed by atoms with Crippen LogP contribution in [0.4, 0.5) is 5.82 Å². The normalized spacial score (nSPS) is 14.5. The number of hydrogen-bond acceptors (Lipinski definition) is 4. The number of fused-ring (bicyclic) bond motifs is 1. The van der Waals surface area contributed by atoms with Gasteiger partial charge < -0.3 is 9.80 Å². The minimum Gasteiger partial charge on any atom is -0.352 e. The molecule has 1 aromatic heterocycles. The van der Waals surface area contributed by atoms with Crippen molar-refractivity contribution < 1.29 is 4.79 Å². The second kappa shape index (κ2) is 7.94. The fourth-order valence-electron chi connectivity index (χ4n) is 3.51. The van der Waals surface area contributed by atoms with Gasteiger partial charge in [-0.3, -0.25) is 4.79 Å². The van der Waals surface area contributed by atoms with Crippen LogP contribution in [-0.4, -0.2) is 47.0 Å². The lowest BCUT2D eigenvalue weighted by Gasteiger charge is -2.36. The maximum Gasteiger partial charge on any atom is 0.222 e. The van der Waals surface area contributed by atoms with E-state index in [1.807, 2.05) is 54.3 Å². The second-order valence-electron chi connectivity index (χ2n) is 6.71. The second-order valence-corrected chi connectivity index (χ2v) is 7.52. The maximum absolute atomic E-state index is 12.0. The van der Waals surface area contributed by atoms with Gasteiger partial charge in [0.05, 0.1) is 20.9 Å². The number of carbonyl (C=O) groups excluding carboxylic acids is 1. The van der Waals surface area contributed by atoms with Crippen molar-refractivity contribution in [3.8, 4) is 11.4 Å². The number of halogens is 2. The predicted molar refractivity (Wildman–Crippen MR) is 114 cm³/mol. The molecule has 0 saturated carbocycles. The molecule has 2 aromatic carbocycles. The van der Waals surface area contributed by atoms with Gasteiger partial charge in [0, 0.05) is 38.2 Å². The summed E-state index contributed by atoms with van der Waals surface area (Å²) >= 11 is 12.9. The zero-order valence-corrected chi connectivity index (χ0v) is 17.0. The first-order chi connectivity index (χ1) is 13.6. The molecule has 0 unspecified atom stereocenters. The molecule has 1 amide bonds. The summed E-state index contributed by atoms with van der Waals surface area (Å²) in [6, 6.07) is 13.2. The molecule has 7 heteroatoms. The van der Waals surface area contributed by atoms with E-state index in [4.69, 9.17) is 33.2 Å². The Morgan fingerprint density at radius 3 is 2.39 bits per heavy atom. The zero-order chi connectivity index (χ0) is 19.7. The molecule has 2 heterocycles. The van der Waals surface area contributed by atoms with E-state index < -0.39 is 0 Å². The van der Waals surface area contributed by atoms with Crippen molar-refractivity contribution in [3.05, 3.63) is 52.5 Å². The summed E-state index contributed by atoms with van der Waals surface area (Å²) in [4.78, 5) is 25.6. The average Bonchev–Trinajstić information content (AvgIpc) is 2.73. The molecule has 1 fully saturated rings. The van der Waals surface area contributed by atoms with E-state index in [1.54, 1.807) is 0 Å². The number of amides is 1. The summed E-state index contributed by atoms with van der Waals surface area (Å²) in [5.41, 5.74) is 1.56. The molecule has 1 aliphatic rings. The topological polar surface area (TPSA) is 49.3 Å². The Morgan fingerprint density at radius 1 is 0.964 bits per heavy atom. The van der Waals surface area contributed by atoms with E-state index >= 15 is 0 Å². The molecule has 0 radical (unpaired) electrons. The first-order valence-electron chi connectivity index (χ1n) is 9.32. The van der Waals surface area contributed by atoms with Crippen LogP contribution < -0.4 is 4.90 Å². The average molecular weight is 415 g/mol. The lowest BCUT2D eigenvalue weighted by atomic mass is 10.1. The molecule has 0 aliphatic carbocycles. The van der Waals surface area contributed by atoms with Crippen molar-refractivity contribution in [2.75, 3.05) is 31.1 Å². The molecule has 0 atom stereocenters. The van der Waals surface area contributed by atoms with Crippen LogP contribution in [-0.2, 0) is 4.79 Å². The van der Waals surface area contributed by atoms with Crippen molar-refractivity contribution in [3.63, 3.8) is 0 Å². The largest absolute Gasteiger partial charge is 0.352 e. The number of aromatic nitrogens is 2. The van der Waals surface area contributed by atoms with Gasteiger partial charge >= 0.3 is 0 Å². The first kappa shape index (κ1) is 19.0. The number of piperazine rings is 1. The van der Waals surface area contributed by atoms with Crippen molar-refractivity contribution in [2.24, 2.45) is 0 Å². The molecule has 0 spiro atoms. The lowest BCUT2D eigenvalue weighted by Crippen LogP contribution is -2.49. The van der Waals surface area contributed by atoms with E-state index in [2.05, 4.69) is 4.90 Å². The highest BCUT2D eigenvalue weighted by atomic mass is 35.5. The molecular formula is C21H20Cl2N4O. The highest BCUT2D eigenvalue weighted by molar-refractivity contribution is 6.36. The van der Waals surface area contributed by atoms with Gasteiger partial charge in [-0.1, -0.05) is 48.3 Å². The van der Waals surface area contributed by atoms with Gasteiger partial charge in [0.15, 0.2) is 5.82 Å². The lowest BCUT2D eigenvalue weighted by molar-refractivity contribution is -0.131. The quantitative estimate of drug-likeness (QED) is 0.624. The molecule has 0 bridgehead atoms. The Morgan fingerprint density at radius 2 is 1.68 bits per heavy atom. The third-order valence-corrected chi connectivity index (χ3v) is 5.65. The Labute approximate surface area is 173 Å². The summed E-state index contributed by atoms with van der Waals surface area (Å²) in [6.07, 6.45) is 0.527. The maximum atomic E-state index is 12.0. The summed E-state index contributed by atoms with van der Waals surface area (Å²) < 4.78 is 0. The number of anilines is 1. The number of rotatable bonds is 3. The van der Waals surface area contributed by atoms with Crippen LogP contribution in [0.2, 0.25) is 10.0 Å².